The number of nitrogens with one attached hydrogen (secondary N) is 1. The molecule has 1 fully saturated rings. The molecule has 0 bridgehead atoms. The molecular formula is C22H29N3O4. The molecule has 0 saturated carbocycles. The smallest absolute Gasteiger partial charge is 0.193 e. The number of nitrogens with zero attached hydrogens (tertiary/aromatic N) is 1. The first-order chi connectivity index (χ1) is 14.1. The third kappa shape index (κ3) is 5.77. The third-order valence-corrected chi connectivity index (χ3v) is 4.80. The quantitative estimate of drug-likeness (QED) is 0.523. The molecule has 7 nitrogen and oxygen atoms in total. The van der Waals surface area contributed by atoms with Crippen LogP contribution in [0.4, 0.5) is 5.69 Å². The SMILES string of the molecule is COc1ccc(NC(N)=NCc2ccc(C)cc2OCC2CCOC2)cc1OC. The van der Waals surface area contributed by atoms with Gasteiger partial charge in [-0.25, -0.2) is 4.99 Å². The molecule has 1 aliphatic heterocycles. The zero-order chi connectivity index (χ0) is 20.6. The van der Waals surface area contributed by atoms with E-state index in [-0.39, 0.29) is 0 Å². The summed E-state index contributed by atoms with van der Waals surface area (Å²) in [6.07, 6.45) is 1.04. The molecule has 1 aliphatic rings. The average molecular weight is 399 g/mol. The molecule has 0 aliphatic carbocycles. The van der Waals surface area contributed by atoms with E-state index < -0.39 is 0 Å². The summed E-state index contributed by atoms with van der Waals surface area (Å²) in [5.74, 6) is 2.88. The van der Waals surface area contributed by atoms with E-state index >= 15 is 0 Å². The Morgan fingerprint density at radius 1 is 1.14 bits per heavy atom. The maximum absolute atomic E-state index is 6.08. The topological polar surface area (TPSA) is 87.3 Å². The highest BCUT2D eigenvalue weighted by molar-refractivity contribution is 5.92. The molecule has 0 amide bonds. The summed E-state index contributed by atoms with van der Waals surface area (Å²) in [7, 11) is 3.19. The lowest BCUT2D eigenvalue weighted by atomic mass is 10.1. The van der Waals surface area contributed by atoms with E-state index in [2.05, 4.69) is 10.3 Å². The van der Waals surface area contributed by atoms with Gasteiger partial charge in [-0.1, -0.05) is 12.1 Å². The maximum Gasteiger partial charge on any atom is 0.193 e. The van der Waals surface area contributed by atoms with E-state index in [1.807, 2.05) is 43.3 Å². The number of rotatable bonds is 8. The largest absolute Gasteiger partial charge is 0.493 e. The Morgan fingerprint density at radius 3 is 2.69 bits per heavy atom. The summed E-state index contributed by atoms with van der Waals surface area (Å²) in [6.45, 7) is 4.70. The first-order valence-electron chi connectivity index (χ1n) is 9.68. The van der Waals surface area contributed by atoms with Crippen LogP contribution in [-0.2, 0) is 11.3 Å². The number of hydrogen-bond acceptors (Lipinski definition) is 5. The molecule has 1 saturated heterocycles. The van der Waals surface area contributed by atoms with Crippen LogP contribution < -0.4 is 25.3 Å². The fourth-order valence-electron chi connectivity index (χ4n) is 3.12. The molecule has 0 aromatic heterocycles. The highest BCUT2D eigenvalue weighted by Crippen LogP contribution is 2.29. The van der Waals surface area contributed by atoms with Crippen molar-refractivity contribution in [2.45, 2.75) is 19.9 Å². The Labute approximate surface area is 171 Å². The lowest BCUT2D eigenvalue weighted by Gasteiger charge is -2.14. The fourth-order valence-corrected chi connectivity index (χ4v) is 3.12. The zero-order valence-electron chi connectivity index (χ0n) is 17.2. The van der Waals surface area contributed by atoms with Gasteiger partial charge in [0.2, 0.25) is 0 Å². The highest BCUT2D eigenvalue weighted by atomic mass is 16.5. The molecule has 29 heavy (non-hydrogen) atoms. The van der Waals surface area contributed by atoms with Gasteiger partial charge in [0.05, 0.1) is 34.0 Å². The van der Waals surface area contributed by atoms with Crippen molar-refractivity contribution in [3.05, 3.63) is 47.5 Å². The van der Waals surface area contributed by atoms with Crippen molar-refractivity contribution < 1.29 is 18.9 Å². The number of methoxy groups -OCH3 is 2. The number of benzene rings is 2. The summed E-state index contributed by atoms with van der Waals surface area (Å²) in [4.78, 5) is 4.46. The molecule has 1 atom stereocenters. The van der Waals surface area contributed by atoms with E-state index in [0.717, 1.165) is 42.2 Å². The summed E-state index contributed by atoms with van der Waals surface area (Å²) in [5.41, 5.74) is 8.99. The first kappa shape index (κ1) is 20.8. The summed E-state index contributed by atoms with van der Waals surface area (Å²) in [6, 6.07) is 11.6. The van der Waals surface area contributed by atoms with Crippen molar-refractivity contribution in [1.29, 1.82) is 0 Å². The lowest BCUT2D eigenvalue weighted by Crippen LogP contribution is -2.22. The normalized spacial score (nSPS) is 16.5. The van der Waals surface area contributed by atoms with Crippen LogP contribution in [-0.4, -0.2) is 40.0 Å². The Hall–Kier alpha value is -2.93. The van der Waals surface area contributed by atoms with Crippen molar-refractivity contribution in [3.8, 4) is 17.2 Å². The van der Waals surface area contributed by atoms with Crippen LogP contribution in [0.15, 0.2) is 41.4 Å². The summed E-state index contributed by atoms with van der Waals surface area (Å²) >= 11 is 0. The molecular weight excluding hydrogens is 370 g/mol. The Balaban J connectivity index is 1.65. The zero-order valence-corrected chi connectivity index (χ0v) is 17.2. The van der Waals surface area contributed by atoms with Crippen LogP contribution in [0.3, 0.4) is 0 Å². The number of hydrogen-bond donors (Lipinski definition) is 2. The van der Waals surface area contributed by atoms with E-state index in [1.54, 1.807) is 14.2 Å². The van der Waals surface area contributed by atoms with Crippen molar-refractivity contribution in [1.82, 2.24) is 0 Å². The summed E-state index contributed by atoms with van der Waals surface area (Å²) < 4.78 is 22.1. The van der Waals surface area contributed by atoms with Gasteiger partial charge in [-0.2, -0.15) is 0 Å². The van der Waals surface area contributed by atoms with Gasteiger partial charge < -0.3 is 30.0 Å². The monoisotopic (exact) mass is 399 g/mol. The van der Waals surface area contributed by atoms with Gasteiger partial charge in [0.25, 0.3) is 0 Å². The molecule has 2 aromatic rings. The number of ether oxygens (including phenoxy) is 4. The molecule has 0 spiro atoms. The van der Waals surface area contributed by atoms with Crippen molar-refractivity contribution in [3.63, 3.8) is 0 Å². The number of nitrogens with two attached hydrogens (primary N) is 1. The fraction of sp³-hybridized carbons (Fsp3) is 0.409. The minimum atomic E-state index is 0.313. The van der Waals surface area contributed by atoms with E-state index in [1.165, 1.54) is 0 Å². The molecule has 156 valence electrons. The second-order valence-electron chi connectivity index (χ2n) is 7.05. The van der Waals surface area contributed by atoms with E-state index in [9.17, 15) is 0 Å². The van der Waals surface area contributed by atoms with Crippen LogP contribution in [0.2, 0.25) is 0 Å². The van der Waals surface area contributed by atoms with Crippen LogP contribution in [0.25, 0.3) is 0 Å². The Kier molecular flexibility index (Phi) is 7.19. The highest BCUT2D eigenvalue weighted by Gasteiger charge is 2.17. The Bertz CT molecular complexity index is 848. The number of aryl methyl sites for hydroxylation is 1. The molecule has 1 unspecified atom stereocenters. The number of aliphatic imine (C=N–C) groups is 1. The van der Waals surface area contributed by atoms with Gasteiger partial charge in [0.15, 0.2) is 17.5 Å². The van der Waals surface area contributed by atoms with Crippen LogP contribution in [0.1, 0.15) is 17.5 Å². The molecule has 7 heteroatoms. The minimum absolute atomic E-state index is 0.313. The minimum Gasteiger partial charge on any atom is -0.493 e. The lowest BCUT2D eigenvalue weighted by molar-refractivity contribution is 0.166. The standard InChI is InChI=1S/C22H29N3O4/c1-15-4-5-17(20(10-15)29-14-16-8-9-28-13-16)12-24-22(23)25-18-6-7-19(26-2)21(11-18)27-3/h4-7,10-11,16H,8-9,12-14H2,1-3H3,(H3,23,24,25). The first-order valence-corrected chi connectivity index (χ1v) is 9.68. The predicted molar refractivity (Wildman–Crippen MR) is 114 cm³/mol. The van der Waals surface area contributed by atoms with Crippen molar-refractivity contribution in [2.24, 2.45) is 16.6 Å². The van der Waals surface area contributed by atoms with Gasteiger partial charge in [0.1, 0.15) is 5.75 Å². The maximum atomic E-state index is 6.08. The molecule has 1 heterocycles. The van der Waals surface area contributed by atoms with Crippen LogP contribution >= 0.6 is 0 Å². The number of anilines is 1. The van der Waals surface area contributed by atoms with Gasteiger partial charge in [-0.05, 0) is 37.1 Å². The molecule has 3 N–H and O–H groups in total. The van der Waals surface area contributed by atoms with E-state index in [4.69, 9.17) is 24.7 Å². The van der Waals surface area contributed by atoms with Gasteiger partial charge in [-0.3, -0.25) is 0 Å². The predicted octanol–water partition coefficient (Wildman–Crippen LogP) is 3.35. The van der Waals surface area contributed by atoms with Gasteiger partial charge in [-0.15, -0.1) is 0 Å². The third-order valence-electron chi connectivity index (χ3n) is 4.80. The molecule has 2 aromatic carbocycles. The second kappa shape index (κ2) is 10.0. The van der Waals surface area contributed by atoms with Crippen LogP contribution in [0, 0.1) is 12.8 Å². The van der Waals surface area contributed by atoms with E-state index in [0.29, 0.717) is 36.5 Å². The molecule has 3 rings (SSSR count). The number of guanidine groups is 1. The van der Waals surface area contributed by atoms with Crippen LogP contribution in [0.5, 0.6) is 17.2 Å². The van der Waals surface area contributed by atoms with Crippen molar-refractivity contribution in [2.75, 3.05) is 39.4 Å². The Morgan fingerprint density at radius 2 is 1.97 bits per heavy atom. The summed E-state index contributed by atoms with van der Waals surface area (Å²) in [5, 5.41) is 3.08. The van der Waals surface area contributed by atoms with Crippen molar-refractivity contribution >= 4 is 11.6 Å². The molecule has 0 radical (unpaired) electrons. The van der Waals surface area contributed by atoms with Gasteiger partial charge in [0, 0.05) is 29.8 Å². The van der Waals surface area contributed by atoms with Gasteiger partial charge >= 0.3 is 0 Å². The average Bonchev–Trinajstić information content (AvgIpc) is 3.25. The second-order valence-corrected chi connectivity index (χ2v) is 7.05.